The lowest BCUT2D eigenvalue weighted by atomic mass is 10.2. The number of hydrogen-bond donors (Lipinski definition) is 0. The Labute approximate surface area is 96.9 Å². The minimum Gasteiger partial charge on any atom is -0.297 e. The molecule has 1 aromatic rings. The molecule has 1 fully saturated rings. The Hall–Kier alpha value is -0.450. The first-order valence-electron chi connectivity index (χ1n) is 4.92. The van der Waals surface area contributed by atoms with Crippen molar-refractivity contribution in [1.82, 2.24) is 9.88 Å². The molecular formula is C10H13ClN2OS. The summed E-state index contributed by atoms with van der Waals surface area (Å²) < 4.78 is 11.2. The minimum atomic E-state index is -0.603. The fraction of sp³-hybridized carbons (Fsp3) is 0.500. The highest BCUT2D eigenvalue weighted by Crippen LogP contribution is 2.11. The van der Waals surface area contributed by atoms with Crippen LogP contribution in [0.25, 0.3) is 0 Å². The number of halogens is 1. The molecule has 0 N–H and O–H groups in total. The lowest BCUT2D eigenvalue weighted by Gasteiger charge is -2.25. The first-order valence-corrected chi connectivity index (χ1v) is 6.78. The monoisotopic (exact) mass is 244 g/mol. The zero-order valence-electron chi connectivity index (χ0n) is 8.36. The lowest BCUT2D eigenvalue weighted by Crippen LogP contribution is -2.37. The SMILES string of the molecule is O=S1CCN(Cc2ccnc(Cl)c2)CC1. The maximum Gasteiger partial charge on any atom is 0.129 e. The Bertz CT molecular complexity index is 362. The Kier molecular flexibility index (Phi) is 3.72. The predicted molar refractivity (Wildman–Crippen MR) is 62.4 cm³/mol. The standard InChI is InChI=1S/C10H13ClN2OS/c11-10-7-9(1-2-12-10)8-13-3-5-15(14)6-4-13/h1-2,7H,3-6,8H2. The van der Waals surface area contributed by atoms with E-state index in [-0.39, 0.29) is 0 Å². The van der Waals surface area contributed by atoms with Crippen molar-refractivity contribution in [3.8, 4) is 0 Å². The summed E-state index contributed by atoms with van der Waals surface area (Å²) in [6, 6.07) is 3.85. The van der Waals surface area contributed by atoms with Crippen LogP contribution in [0, 0.1) is 0 Å². The van der Waals surface area contributed by atoms with Gasteiger partial charge in [0.1, 0.15) is 5.15 Å². The molecule has 2 rings (SSSR count). The van der Waals surface area contributed by atoms with Gasteiger partial charge in [-0.15, -0.1) is 0 Å². The van der Waals surface area contributed by atoms with Gasteiger partial charge in [-0.25, -0.2) is 4.98 Å². The van der Waals surface area contributed by atoms with Crippen molar-refractivity contribution in [2.75, 3.05) is 24.6 Å². The van der Waals surface area contributed by atoms with Gasteiger partial charge < -0.3 is 0 Å². The van der Waals surface area contributed by atoms with Gasteiger partial charge in [0.15, 0.2) is 0 Å². The lowest BCUT2D eigenvalue weighted by molar-refractivity contribution is 0.291. The van der Waals surface area contributed by atoms with Crippen LogP contribution in [0.2, 0.25) is 5.15 Å². The third-order valence-electron chi connectivity index (χ3n) is 2.47. The van der Waals surface area contributed by atoms with Crippen LogP contribution >= 0.6 is 11.6 Å². The van der Waals surface area contributed by atoms with Gasteiger partial charge in [-0.05, 0) is 17.7 Å². The van der Waals surface area contributed by atoms with Crippen LogP contribution in [0.4, 0.5) is 0 Å². The summed E-state index contributed by atoms with van der Waals surface area (Å²) in [4.78, 5) is 6.24. The van der Waals surface area contributed by atoms with E-state index in [0.717, 1.165) is 31.1 Å². The summed E-state index contributed by atoms with van der Waals surface area (Å²) in [5.41, 5.74) is 1.17. The quantitative estimate of drug-likeness (QED) is 0.736. The molecule has 0 saturated carbocycles. The van der Waals surface area contributed by atoms with Crippen LogP contribution in [-0.2, 0) is 17.3 Å². The fourth-order valence-corrected chi connectivity index (χ4v) is 2.96. The van der Waals surface area contributed by atoms with E-state index in [1.807, 2.05) is 12.1 Å². The summed E-state index contributed by atoms with van der Waals surface area (Å²) in [7, 11) is -0.603. The van der Waals surface area contributed by atoms with E-state index in [2.05, 4.69) is 9.88 Å². The molecule has 1 aliphatic heterocycles. The van der Waals surface area contributed by atoms with Crippen LogP contribution in [0.15, 0.2) is 18.3 Å². The average Bonchev–Trinajstić information content (AvgIpc) is 2.22. The highest BCUT2D eigenvalue weighted by Gasteiger charge is 2.14. The van der Waals surface area contributed by atoms with Crippen molar-refractivity contribution in [3.05, 3.63) is 29.0 Å². The Morgan fingerprint density at radius 2 is 2.20 bits per heavy atom. The molecule has 15 heavy (non-hydrogen) atoms. The predicted octanol–water partition coefficient (Wildman–Crippen LogP) is 1.30. The maximum absolute atomic E-state index is 11.2. The van der Waals surface area contributed by atoms with Gasteiger partial charge in [0.2, 0.25) is 0 Å². The van der Waals surface area contributed by atoms with Crippen LogP contribution < -0.4 is 0 Å². The van der Waals surface area contributed by atoms with Crippen LogP contribution in [0.1, 0.15) is 5.56 Å². The highest BCUT2D eigenvalue weighted by molar-refractivity contribution is 7.85. The largest absolute Gasteiger partial charge is 0.297 e. The van der Waals surface area contributed by atoms with Crippen molar-refractivity contribution in [3.63, 3.8) is 0 Å². The Morgan fingerprint density at radius 1 is 1.47 bits per heavy atom. The fourth-order valence-electron chi connectivity index (χ4n) is 1.63. The van der Waals surface area contributed by atoms with Gasteiger partial charge in [-0.1, -0.05) is 11.6 Å². The van der Waals surface area contributed by atoms with Crippen molar-refractivity contribution in [1.29, 1.82) is 0 Å². The molecule has 0 atom stereocenters. The molecule has 2 heterocycles. The molecule has 5 heteroatoms. The number of rotatable bonds is 2. The van der Waals surface area contributed by atoms with Crippen molar-refractivity contribution >= 4 is 22.4 Å². The van der Waals surface area contributed by atoms with E-state index in [4.69, 9.17) is 11.6 Å². The number of aromatic nitrogens is 1. The smallest absolute Gasteiger partial charge is 0.129 e. The molecule has 0 unspecified atom stereocenters. The van der Waals surface area contributed by atoms with Gasteiger partial charge in [0.25, 0.3) is 0 Å². The molecule has 82 valence electrons. The number of pyridine rings is 1. The van der Waals surface area contributed by atoms with Gasteiger partial charge >= 0.3 is 0 Å². The third-order valence-corrected chi connectivity index (χ3v) is 3.95. The highest BCUT2D eigenvalue weighted by atomic mass is 35.5. The molecule has 0 spiro atoms. The third kappa shape index (κ3) is 3.26. The van der Waals surface area contributed by atoms with Gasteiger partial charge in [0, 0.05) is 48.1 Å². The number of nitrogens with zero attached hydrogens (tertiary/aromatic N) is 2. The second kappa shape index (κ2) is 5.05. The van der Waals surface area contributed by atoms with E-state index in [9.17, 15) is 4.21 Å². The first-order chi connectivity index (χ1) is 7.24. The molecule has 0 radical (unpaired) electrons. The first kappa shape index (κ1) is 11.0. The van der Waals surface area contributed by atoms with E-state index < -0.39 is 10.8 Å². The summed E-state index contributed by atoms with van der Waals surface area (Å²) in [6.45, 7) is 2.69. The van der Waals surface area contributed by atoms with E-state index in [0.29, 0.717) is 5.15 Å². The van der Waals surface area contributed by atoms with Crippen molar-refractivity contribution in [2.45, 2.75) is 6.54 Å². The maximum atomic E-state index is 11.2. The molecule has 1 saturated heterocycles. The molecule has 3 nitrogen and oxygen atoms in total. The molecule has 1 aliphatic rings. The number of hydrogen-bond acceptors (Lipinski definition) is 3. The Balaban J connectivity index is 1.94. The average molecular weight is 245 g/mol. The van der Waals surface area contributed by atoms with E-state index >= 15 is 0 Å². The summed E-state index contributed by atoms with van der Waals surface area (Å²) in [6.07, 6.45) is 1.72. The normalized spacial score (nSPS) is 19.3. The molecular weight excluding hydrogens is 232 g/mol. The Morgan fingerprint density at radius 3 is 2.87 bits per heavy atom. The van der Waals surface area contributed by atoms with Crippen molar-refractivity contribution in [2.24, 2.45) is 0 Å². The van der Waals surface area contributed by atoms with E-state index in [1.54, 1.807) is 6.20 Å². The minimum absolute atomic E-state index is 0.535. The molecule has 0 amide bonds. The summed E-state index contributed by atoms with van der Waals surface area (Å²) in [5.74, 6) is 1.58. The van der Waals surface area contributed by atoms with Crippen LogP contribution in [0.5, 0.6) is 0 Å². The zero-order chi connectivity index (χ0) is 10.7. The second-order valence-electron chi connectivity index (χ2n) is 3.61. The van der Waals surface area contributed by atoms with Gasteiger partial charge in [-0.3, -0.25) is 9.11 Å². The molecule has 0 aliphatic carbocycles. The van der Waals surface area contributed by atoms with Crippen LogP contribution in [-0.4, -0.2) is 38.7 Å². The molecule has 0 bridgehead atoms. The summed E-state index contributed by atoms with van der Waals surface area (Å²) >= 11 is 5.81. The zero-order valence-corrected chi connectivity index (χ0v) is 9.93. The molecule has 1 aromatic heterocycles. The van der Waals surface area contributed by atoms with Gasteiger partial charge in [0.05, 0.1) is 0 Å². The second-order valence-corrected chi connectivity index (χ2v) is 5.69. The topological polar surface area (TPSA) is 33.2 Å². The van der Waals surface area contributed by atoms with E-state index in [1.165, 1.54) is 5.56 Å². The summed E-state index contributed by atoms with van der Waals surface area (Å²) in [5, 5.41) is 0.535. The van der Waals surface area contributed by atoms with Crippen molar-refractivity contribution < 1.29 is 4.21 Å². The van der Waals surface area contributed by atoms with Crippen LogP contribution in [0.3, 0.4) is 0 Å². The molecule has 0 aromatic carbocycles. The van der Waals surface area contributed by atoms with Gasteiger partial charge in [-0.2, -0.15) is 0 Å².